The van der Waals surface area contributed by atoms with Crippen LogP contribution in [-0.2, 0) is 11.2 Å². The molecular formula is C20H22N2O. The molecule has 1 unspecified atom stereocenters. The Kier molecular flexibility index (Phi) is 2.84. The van der Waals surface area contributed by atoms with Crippen LogP contribution in [-0.4, -0.2) is 16.0 Å². The molecule has 0 bridgehead atoms. The Bertz CT molecular complexity index is 863. The van der Waals surface area contributed by atoms with Crippen LogP contribution in [0.25, 0.3) is 0 Å². The van der Waals surface area contributed by atoms with Gasteiger partial charge in [-0.15, -0.1) is 0 Å². The number of hydrogen-bond donors (Lipinski definition) is 1. The number of fused-ring (bicyclic) bond motifs is 1. The van der Waals surface area contributed by atoms with Crippen LogP contribution in [0.4, 0.5) is 0 Å². The molecule has 2 aliphatic rings. The van der Waals surface area contributed by atoms with Crippen LogP contribution in [0.5, 0.6) is 0 Å². The number of ketones is 1. The first-order valence-electron chi connectivity index (χ1n) is 8.68. The van der Waals surface area contributed by atoms with E-state index in [-0.39, 0.29) is 11.2 Å². The van der Waals surface area contributed by atoms with E-state index < -0.39 is 5.89 Å². The van der Waals surface area contributed by atoms with Crippen LogP contribution in [0.2, 0.25) is 0 Å². The first-order valence-corrected chi connectivity index (χ1v) is 8.18. The summed E-state index contributed by atoms with van der Waals surface area (Å²) in [5.74, 6) is -1.04. The van der Waals surface area contributed by atoms with Crippen molar-refractivity contribution in [3.8, 4) is 0 Å². The zero-order valence-electron chi connectivity index (χ0n) is 14.9. The summed E-state index contributed by atoms with van der Waals surface area (Å²) < 4.78 is 9.45. The quantitative estimate of drug-likeness (QED) is 0.862. The Morgan fingerprint density at radius 3 is 2.74 bits per heavy atom. The number of carbonyl (C=O) groups is 1. The Hall–Kier alpha value is -2.16. The third-order valence-corrected chi connectivity index (χ3v) is 4.93. The predicted molar refractivity (Wildman–Crippen MR) is 90.4 cm³/mol. The number of allylic oxidation sites excluding steroid dienone is 2. The lowest BCUT2D eigenvalue weighted by Gasteiger charge is -2.38. The summed E-state index contributed by atoms with van der Waals surface area (Å²) in [6.07, 6.45) is 2.04. The summed E-state index contributed by atoms with van der Waals surface area (Å²) in [5.41, 5.74) is 5.23. The molecule has 2 aliphatic carbocycles. The Morgan fingerprint density at radius 2 is 2.00 bits per heavy atom. The van der Waals surface area contributed by atoms with Crippen LogP contribution in [0.15, 0.2) is 41.5 Å². The molecule has 0 amide bonds. The molecule has 0 aliphatic heterocycles. The van der Waals surface area contributed by atoms with Crippen molar-refractivity contribution in [1.82, 2.24) is 10.2 Å². The van der Waals surface area contributed by atoms with Gasteiger partial charge in [-0.3, -0.25) is 9.89 Å². The molecule has 4 rings (SSSR count). The van der Waals surface area contributed by atoms with E-state index in [9.17, 15) is 6.17 Å². The summed E-state index contributed by atoms with van der Waals surface area (Å²) in [5, 5.41) is 7.49. The second kappa shape index (κ2) is 4.92. The van der Waals surface area contributed by atoms with Gasteiger partial charge >= 0.3 is 0 Å². The minimum atomic E-state index is -1.16. The number of aromatic amines is 1. The third kappa shape index (κ3) is 2.26. The number of benzene rings is 1. The number of aryl methyl sites for hydroxylation is 1. The molecule has 23 heavy (non-hydrogen) atoms. The number of hydrogen-bond acceptors (Lipinski definition) is 2. The van der Waals surface area contributed by atoms with Crippen molar-refractivity contribution in [3.63, 3.8) is 0 Å². The molecule has 0 saturated heterocycles. The van der Waals surface area contributed by atoms with Crippen LogP contribution < -0.4 is 0 Å². The number of nitrogens with zero attached hydrogens (tertiary/aromatic N) is 1. The number of carbonyl (C=O) groups excluding carboxylic acids is 1. The smallest absolute Gasteiger partial charge is 0.160 e. The molecule has 0 spiro atoms. The van der Waals surface area contributed by atoms with Crippen molar-refractivity contribution in [2.24, 2.45) is 5.41 Å². The highest BCUT2D eigenvalue weighted by Crippen LogP contribution is 2.49. The normalized spacial score (nSPS) is 26.6. The van der Waals surface area contributed by atoms with Crippen molar-refractivity contribution in [2.45, 2.75) is 45.9 Å². The lowest BCUT2D eigenvalue weighted by atomic mass is 9.65. The van der Waals surface area contributed by atoms with Gasteiger partial charge in [0, 0.05) is 36.9 Å². The van der Waals surface area contributed by atoms with E-state index in [0.717, 1.165) is 34.5 Å². The third-order valence-electron chi connectivity index (χ3n) is 4.93. The molecule has 1 atom stereocenters. The van der Waals surface area contributed by atoms with Crippen LogP contribution in [0.1, 0.15) is 56.5 Å². The fourth-order valence-electron chi connectivity index (χ4n) is 4.08. The van der Waals surface area contributed by atoms with Crippen LogP contribution >= 0.6 is 0 Å². The molecule has 1 heterocycles. The minimum Gasteiger partial charge on any atom is -0.294 e. The molecular weight excluding hydrogens is 284 g/mol. The Labute approximate surface area is 138 Å². The van der Waals surface area contributed by atoms with E-state index in [1.807, 2.05) is 37.3 Å². The molecule has 3 nitrogen and oxygen atoms in total. The fraction of sp³-hybridized carbons (Fsp3) is 0.400. The van der Waals surface area contributed by atoms with Gasteiger partial charge in [-0.05, 0) is 24.3 Å². The number of rotatable bonds is 1. The van der Waals surface area contributed by atoms with Crippen molar-refractivity contribution in [3.05, 3.63) is 64.0 Å². The Balaban J connectivity index is 2.02. The predicted octanol–water partition coefficient (Wildman–Crippen LogP) is 4.09. The second-order valence-corrected chi connectivity index (χ2v) is 7.51. The van der Waals surface area contributed by atoms with Crippen LogP contribution in [0.3, 0.4) is 0 Å². The van der Waals surface area contributed by atoms with Crippen LogP contribution in [0, 0.1) is 12.3 Å². The molecule has 0 radical (unpaired) electrons. The van der Waals surface area contributed by atoms with E-state index in [0.29, 0.717) is 18.4 Å². The zero-order chi connectivity index (χ0) is 17.1. The number of nitrogens with one attached hydrogen (secondary N) is 1. The van der Waals surface area contributed by atoms with Gasteiger partial charge in [0.2, 0.25) is 0 Å². The van der Waals surface area contributed by atoms with E-state index in [1.165, 1.54) is 0 Å². The summed E-state index contributed by atoms with van der Waals surface area (Å²) in [4.78, 5) is 13.1. The molecule has 118 valence electrons. The SMILES string of the molecule is [2H]C1(c2ccccc2)C2=C(Cc3n[nH]c(C)c31)CC(C)(C)CC2=O. The largest absolute Gasteiger partial charge is 0.294 e. The van der Waals surface area contributed by atoms with Crippen molar-refractivity contribution in [1.29, 1.82) is 0 Å². The average Bonchev–Trinajstić information content (AvgIpc) is 2.88. The van der Waals surface area contributed by atoms with Gasteiger partial charge in [-0.2, -0.15) is 5.10 Å². The summed E-state index contributed by atoms with van der Waals surface area (Å²) in [7, 11) is 0. The minimum absolute atomic E-state index is 0.0453. The van der Waals surface area contributed by atoms with Crippen molar-refractivity contribution < 1.29 is 6.17 Å². The highest BCUT2D eigenvalue weighted by atomic mass is 16.1. The van der Waals surface area contributed by atoms with Gasteiger partial charge < -0.3 is 0 Å². The first kappa shape index (κ1) is 13.3. The maximum atomic E-state index is 13.1. The number of aromatic nitrogens is 2. The average molecular weight is 307 g/mol. The van der Waals surface area contributed by atoms with Crippen molar-refractivity contribution >= 4 is 5.78 Å². The highest BCUT2D eigenvalue weighted by molar-refractivity contribution is 6.00. The van der Waals surface area contributed by atoms with E-state index in [2.05, 4.69) is 24.0 Å². The van der Waals surface area contributed by atoms with Gasteiger partial charge in [0.05, 0.1) is 5.69 Å². The molecule has 1 N–H and O–H groups in total. The molecule has 1 aromatic heterocycles. The lowest BCUT2D eigenvalue weighted by Crippen LogP contribution is -2.32. The topological polar surface area (TPSA) is 45.8 Å². The Morgan fingerprint density at radius 1 is 1.26 bits per heavy atom. The zero-order valence-corrected chi connectivity index (χ0v) is 13.9. The number of H-pyrrole nitrogens is 1. The summed E-state index contributed by atoms with van der Waals surface area (Å²) in [6.45, 7) is 6.21. The maximum Gasteiger partial charge on any atom is 0.160 e. The molecule has 0 fully saturated rings. The lowest BCUT2D eigenvalue weighted by molar-refractivity contribution is -0.118. The monoisotopic (exact) mass is 307 g/mol. The molecule has 3 heteroatoms. The van der Waals surface area contributed by atoms with Gasteiger partial charge in [0.15, 0.2) is 5.78 Å². The van der Waals surface area contributed by atoms with E-state index >= 15 is 0 Å². The molecule has 1 aromatic carbocycles. The van der Waals surface area contributed by atoms with Gasteiger partial charge in [-0.1, -0.05) is 49.8 Å². The van der Waals surface area contributed by atoms with Gasteiger partial charge in [0.1, 0.15) is 0 Å². The van der Waals surface area contributed by atoms with Gasteiger partial charge in [0.25, 0.3) is 0 Å². The van der Waals surface area contributed by atoms with E-state index in [4.69, 9.17) is 0 Å². The second-order valence-electron chi connectivity index (χ2n) is 7.51. The highest BCUT2D eigenvalue weighted by Gasteiger charge is 2.41. The van der Waals surface area contributed by atoms with Crippen molar-refractivity contribution in [2.75, 3.05) is 0 Å². The maximum absolute atomic E-state index is 13.1. The number of Topliss-reactive ketones (excluding diaryl/α,β-unsaturated/α-hetero) is 1. The summed E-state index contributed by atoms with van der Waals surface area (Å²) >= 11 is 0. The van der Waals surface area contributed by atoms with E-state index in [1.54, 1.807) is 0 Å². The molecule has 0 saturated carbocycles. The fourth-order valence-corrected chi connectivity index (χ4v) is 4.08. The standard InChI is InChI=1S/C20H22N2O/c1-12-17-15(22-21-12)9-14-10-20(2,3)11-16(23)18(14)19(17)13-7-5-4-6-8-13/h4-8,19H,9-11H2,1-3H3,(H,21,22)/i19D. The first-order chi connectivity index (χ1) is 11.3. The summed E-state index contributed by atoms with van der Waals surface area (Å²) in [6, 6.07) is 9.72. The molecule has 2 aromatic rings. The van der Waals surface area contributed by atoms with Gasteiger partial charge in [-0.25, -0.2) is 0 Å².